The summed E-state index contributed by atoms with van der Waals surface area (Å²) in [5.41, 5.74) is 1.82. The molecule has 0 radical (unpaired) electrons. The Morgan fingerprint density at radius 3 is 2.44 bits per heavy atom. The van der Waals surface area contributed by atoms with Crippen LogP contribution in [0, 0.1) is 12.8 Å². The Bertz CT molecular complexity index is 814. The number of para-hydroxylation sites is 1. The van der Waals surface area contributed by atoms with Crippen LogP contribution in [0.2, 0.25) is 0 Å². The van der Waals surface area contributed by atoms with Crippen LogP contribution in [0.25, 0.3) is 5.69 Å². The van der Waals surface area contributed by atoms with Crippen molar-refractivity contribution in [3.05, 3.63) is 47.8 Å². The monoisotopic (exact) mass is 372 g/mol. The Labute approximate surface area is 157 Å². The molecule has 2 rings (SSSR count). The fraction of sp³-hybridized carbons (Fsp3) is 0.368. The number of amides is 2. The average Bonchev–Trinajstić information content (AvgIpc) is 3.01. The van der Waals surface area contributed by atoms with Crippen molar-refractivity contribution >= 4 is 17.8 Å². The van der Waals surface area contributed by atoms with E-state index in [0.717, 1.165) is 5.69 Å². The standard InChI is InChI=1S/C19H24N4O4/c1-12(2)9-16(19(26)27)22-17(24)11-20-18(25)15-10-21-23(13(15)3)14-7-5-4-6-8-14/h4-8,10,12,16H,9,11H2,1-3H3,(H,20,25)(H,22,24)(H,26,27)/t16-/m0/s1. The SMILES string of the molecule is Cc1c(C(=O)NCC(=O)N[C@@H](CC(C)C)C(=O)O)cnn1-c1ccccc1. The predicted molar refractivity (Wildman–Crippen MR) is 99.7 cm³/mol. The molecule has 144 valence electrons. The van der Waals surface area contributed by atoms with E-state index < -0.39 is 23.8 Å². The molecular weight excluding hydrogens is 348 g/mol. The fourth-order valence-electron chi connectivity index (χ4n) is 2.66. The van der Waals surface area contributed by atoms with Gasteiger partial charge in [0.1, 0.15) is 6.04 Å². The van der Waals surface area contributed by atoms with E-state index in [4.69, 9.17) is 5.11 Å². The summed E-state index contributed by atoms with van der Waals surface area (Å²) in [6, 6.07) is 8.40. The number of hydrogen-bond donors (Lipinski definition) is 3. The first-order valence-electron chi connectivity index (χ1n) is 8.70. The predicted octanol–water partition coefficient (Wildman–Crippen LogP) is 1.53. The molecule has 1 aromatic heterocycles. The molecule has 8 heteroatoms. The molecule has 1 atom stereocenters. The molecule has 0 spiro atoms. The van der Waals surface area contributed by atoms with Gasteiger partial charge >= 0.3 is 5.97 Å². The van der Waals surface area contributed by atoms with E-state index >= 15 is 0 Å². The number of carbonyl (C=O) groups excluding carboxylic acids is 2. The maximum Gasteiger partial charge on any atom is 0.326 e. The van der Waals surface area contributed by atoms with Crippen molar-refractivity contribution < 1.29 is 19.5 Å². The van der Waals surface area contributed by atoms with Gasteiger partial charge in [-0.2, -0.15) is 5.10 Å². The number of nitrogens with zero attached hydrogens (tertiary/aromatic N) is 2. The second-order valence-electron chi connectivity index (χ2n) is 6.66. The summed E-state index contributed by atoms with van der Waals surface area (Å²) in [6.45, 7) is 5.20. The zero-order chi connectivity index (χ0) is 20.0. The van der Waals surface area contributed by atoms with Crippen LogP contribution in [0.3, 0.4) is 0 Å². The third-order valence-corrected chi connectivity index (χ3v) is 4.01. The Balaban J connectivity index is 1.97. The minimum Gasteiger partial charge on any atom is -0.480 e. The molecule has 1 aromatic carbocycles. The van der Waals surface area contributed by atoms with E-state index in [1.165, 1.54) is 6.20 Å². The van der Waals surface area contributed by atoms with Gasteiger partial charge in [0.25, 0.3) is 5.91 Å². The highest BCUT2D eigenvalue weighted by Crippen LogP contribution is 2.13. The van der Waals surface area contributed by atoms with Crippen molar-refractivity contribution in [1.82, 2.24) is 20.4 Å². The number of carboxylic acid groups (broad SMARTS) is 1. The lowest BCUT2D eigenvalue weighted by molar-refractivity contribution is -0.142. The number of carboxylic acids is 1. The zero-order valence-electron chi connectivity index (χ0n) is 15.6. The van der Waals surface area contributed by atoms with E-state index in [9.17, 15) is 14.4 Å². The summed E-state index contributed by atoms with van der Waals surface area (Å²) in [4.78, 5) is 35.5. The highest BCUT2D eigenvalue weighted by Gasteiger charge is 2.22. The fourth-order valence-corrected chi connectivity index (χ4v) is 2.66. The van der Waals surface area contributed by atoms with Crippen LogP contribution in [0.5, 0.6) is 0 Å². The topological polar surface area (TPSA) is 113 Å². The first-order valence-corrected chi connectivity index (χ1v) is 8.70. The molecule has 0 saturated heterocycles. The lowest BCUT2D eigenvalue weighted by atomic mass is 10.0. The molecule has 0 aliphatic heterocycles. The van der Waals surface area contributed by atoms with Crippen molar-refractivity contribution in [2.24, 2.45) is 5.92 Å². The van der Waals surface area contributed by atoms with Gasteiger partial charge in [0.2, 0.25) is 5.91 Å². The van der Waals surface area contributed by atoms with Crippen LogP contribution in [0.1, 0.15) is 36.3 Å². The maximum atomic E-state index is 12.4. The van der Waals surface area contributed by atoms with Crippen LogP contribution >= 0.6 is 0 Å². The van der Waals surface area contributed by atoms with E-state index in [-0.39, 0.29) is 12.5 Å². The van der Waals surface area contributed by atoms with Gasteiger partial charge in [-0.15, -0.1) is 0 Å². The minimum absolute atomic E-state index is 0.118. The molecule has 2 aromatic rings. The molecule has 27 heavy (non-hydrogen) atoms. The number of benzene rings is 1. The van der Waals surface area contributed by atoms with E-state index in [0.29, 0.717) is 17.7 Å². The summed E-state index contributed by atoms with van der Waals surface area (Å²) in [7, 11) is 0. The Morgan fingerprint density at radius 2 is 1.85 bits per heavy atom. The Kier molecular flexibility index (Phi) is 6.70. The molecule has 1 heterocycles. The number of hydrogen-bond acceptors (Lipinski definition) is 4. The molecule has 0 unspecified atom stereocenters. The second kappa shape index (κ2) is 8.98. The van der Waals surface area contributed by atoms with E-state index in [2.05, 4.69) is 15.7 Å². The molecule has 0 aliphatic rings. The number of aliphatic carboxylic acids is 1. The lowest BCUT2D eigenvalue weighted by Gasteiger charge is -2.16. The summed E-state index contributed by atoms with van der Waals surface area (Å²) >= 11 is 0. The van der Waals surface area contributed by atoms with E-state index in [1.54, 1.807) is 11.6 Å². The molecular formula is C19H24N4O4. The molecule has 0 saturated carbocycles. The van der Waals surface area contributed by atoms with Gasteiger partial charge in [-0.05, 0) is 31.4 Å². The van der Waals surface area contributed by atoms with Gasteiger partial charge in [0, 0.05) is 0 Å². The van der Waals surface area contributed by atoms with Crippen molar-refractivity contribution in [3.8, 4) is 5.69 Å². The van der Waals surface area contributed by atoms with Crippen molar-refractivity contribution in [2.75, 3.05) is 6.54 Å². The Hall–Kier alpha value is -3.16. The first kappa shape index (κ1) is 20.2. The highest BCUT2D eigenvalue weighted by atomic mass is 16.4. The molecule has 3 N–H and O–H groups in total. The quantitative estimate of drug-likeness (QED) is 0.650. The number of rotatable bonds is 8. The van der Waals surface area contributed by atoms with E-state index in [1.807, 2.05) is 44.2 Å². The van der Waals surface area contributed by atoms with Crippen molar-refractivity contribution in [3.63, 3.8) is 0 Å². The summed E-state index contributed by atoms with van der Waals surface area (Å²) in [6.07, 6.45) is 1.76. The summed E-state index contributed by atoms with van der Waals surface area (Å²) in [5, 5.41) is 18.3. The highest BCUT2D eigenvalue weighted by molar-refractivity contribution is 5.97. The van der Waals surface area contributed by atoms with Crippen molar-refractivity contribution in [1.29, 1.82) is 0 Å². The smallest absolute Gasteiger partial charge is 0.326 e. The zero-order valence-corrected chi connectivity index (χ0v) is 15.6. The minimum atomic E-state index is -1.09. The van der Waals surface area contributed by atoms with Crippen LogP contribution in [0.4, 0.5) is 0 Å². The van der Waals surface area contributed by atoms with Crippen LogP contribution in [-0.2, 0) is 9.59 Å². The van der Waals surface area contributed by atoms with Crippen molar-refractivity contribution in [2.45, 2.75) is 33.2 Å². The third kappa shape index (κ3) is 5.40. The van der Waals surface area contributed by atoms with Gasteiger partial charge in [-0.1, -0.05) is 32.0 Å². The van der Waals surface area contributed by atoms with Gasteiger partial charge in [-0.3, -0.25) is 9.59 Å². The van der Waals surface area contributed by atoms with Crippen LogP contribution < -0.4 is 10.6 Å². The molecule has 0 aliphatic carbocycles. The van der Waals surface area contributed by atoms with Crippen LogP contribution in [-0.4, -0.2) is 45.3 Å². The third-order valence-electron chi connectivity index (χ3n) is 4.01. The first-order chi connectivity index (χ1) is 12.8. The van der Waals surface area contributed by atoms with Gasteiger partial charge in [0.15, 0.2) is 0 Å². The van der Waals surface area contributed by atoms with Gasteiger partial charge in [0.05, 0.1) is 29.7 Å². The molecule has 2 amide bonds. The van der Waals surface area contributed by atoms with Gasteiger partial charge in [-0.25, -0.2) is 9.48 Å². The normalized spacial score (nSPS) is 11.9. The lowest BCUT2D eigenvalue weighted by Crippen LogP contribution is -2.46. The number of nitrogens with one attached hydrogen (secondary N) is 2. The maximum absolute atomic E-state index is 12.4. The largest absolute Gasteiger partial charge is 0.480 e. The van der Waals surface area contributed by atoms with Crippen LogP contribution in [0.15, 0.2) is 36.5 Å². The van der Waals surface area contributed by atoms with Gasteiger partial charge < -0.3 is 15.7 Å². The molecule has 0 fully saturated rings. The summed E-state index contributed by atoms with van der Waals surface area (Å²) < 4.78 is 1.64. The Morgan fingerprint density at radius 1 is 1.19 bits per heavy atom. The number of aromatic nitrogens is 2. The second-order valence-corrected chi connectivity index (χ2v) is 6.66. The average molecular weight is 372 g/mol. The molecule has 8 nitrogen and oxygen atoms in total. The molecule has 0 bridgehead atoms. The summed E-state index contributed by atoms with van der Waals surface area (Å²) in [5.74, 6) is -1.97. The number of carbonyl (C=O) groups is 3.